The van der Waals surface area contributed by atoms with E-state index in [1.54, 1.807) is 30.3 Å². The predicted octanol–water partition coefficient (Wildman–Crippen LogP) is 0.499. The molecule has 1 spiro atoms. The molecular formula is C32H34N2O11. The lowest BCUT2D eigenvalue weighted by atomic mass is 9.48. The van der Waals surface area contributed by atoms with Gasteiger partial charge in [0.05, 0.1) is 28.2 Å². The Morgan fingerprint density at radius 3 is 2.13 bits per heavy atom. The molecule has 8 rings (SSSR count). The Bertz CT molecular complexity index is 1570. The Kier molecular flexibility index (Phi) is 6.75. The zero-order valence-electron chi connectivity index (χ0n) is 24.2. The van der Waals surface area contributed by atoms with Gasteiger partial charge in [-0.25, -0.2) is 9.59 Å². The normalized spacial score (nSPS) is 32.1. The van der Waals surface area contributed by atoms with Crippen molar-refractivity contribution in [1.29, 1.82) is 0 Å². The number of benzene rings is 2. The van der Waals surface area contributed by atoms with Crippen LogP contribution in [-0.2, 0) is 21.4 Å². The SMILES string of the molecule is O=C(O)C(O)C(O)C(=O)O.O=C1c2ccccc2C(=O)N1[C@@H]1CCC2(O)[C@H]3Cc4ccc(O)c5c4[C@@]2(CCN3CC2CC2)[C@H]1O5. The number of fused-ring (bicyclic) bond motifs is 1. The molecule has 2 bridgehead atoms. The van der Waals surface area contributed by atoms with Crippen LogP contribution in [0.2, 0.25) is 0 Å². The van der Waals surface area contributed by atoms with Gasteiger partial charge in [0.1, 0.15) is 6.10 Å². The summed E-state index contributed by atoms with van der Waals surface area (Å²) in [6.45, 7) is 1.85. The molecule has 3 aliphatic heterocycles. The number of hydrogen-bond acceptors (Lipinski definition) is 10. The molecule has 13 heteroatoms. The molecule has 45 heavy (non-hydrogen) atoms. The first-order valence-electron chi connectivity index (χ1n) is 15.2. The number of rotatable bonds is 6. The van der Waals surface area contributed by atoms with Crippen LogP contribution in [0, 0.1) is 5.92 Å². The van der Waals surface area contributed by atoms with Gasteiger partial charge in [-0.3, -0.25) is 19.4 Å². The van der Waals surface area contributed by atoms with Crippen molar-refractivity contribution >= 4 is 23.8 Å². The number of aliphatic carboxylic acids is 2. The second-order valence-corrected chi connectivity index (χ2v) is 13.0. The van der Waals surface area contributed by atoms with E-state index >= 15 is 0 Å². The molecule has 2 aromatic carbocycles. The molecule has 0 aromatic heterocycles. The Balaban J connectivity index is 0.000000284. The molecule has 238 valence electrons. The van der Waals surface area contributed by atoms with Crippen LogP contribution < -0.4 is 4.74 Å². The number of amides is 2. The molecule has 6 aliphatic rings. The Morgan fingerprint density at radius 2 is 1.56 bits per heavy atom. The summed E-state index contributed by atoms with van der Waals surface area (Å²) in [5.41, 5.74) is 1.09. The second-order valence-electron chi connectivity index (χ2n) is 13.0. The third-order valence-electron chi connectivity index (χ3n) is 10.7. The first-order valence-corrected chi connectivity index (χ1v) is 15.2. The van der Waals surface area contributed by atoms with Gasteiger partial charge in [0, 0.05) is 18.2 Å². The minimum absolute atomic E-state index is 0.0333. The number of carbonyl (C=O) groups excluding carboxylic acids is 2. The number of aromatic hydroxyl groups is 1. The summed E-state index contributed by atoms with van der Waals surface area (Å²) in [6, 6.07) is 10.1. The van der Waals surface area contributed by atoms with E-state index in [1.165, 1.54) is 17.7 Å². The summed E-state index contributed by atoms with van der Waals surface area (Å²) in [5.74, 6) is -2.90. The molecule has 3 aliphatic carbocycles. The number of carboxylic acids is 2. The van der Waals surface area contributed by atoms with Crippen LogP contribution in [-0.4, -0.2) is 113 Å². The molecule has 3 fully saturated rings. The van der Waals surface area contributed by atoms with Gasteiger partial charge >= 0.3 is 11.9 Å². The highest BCUT2D eigenvalue weighted by molar-refractivity contribution is 6.21. The zero-order chi connectivity index (χ0) is 32.0. The monoisotopic (exact) mass is 622 g/mol. The van der Waals surface area contributed by atoms with Gasteiger partial charge in [-0.1, -0.05) is 18.2 Å². The number of aliphatic hydroxyl groups excluding tert-OH is 2. The number of likely N-dealkylation sites (tertiary alicyclic amines) is 1. The summed E-state index contributed by atoms with van der Waals surface area (Å²) in [7, 11) is 0. The summed E-state index contributed by atoms with van der Waals surface area (Å²) in [4.78, 5) is 50.3. The lowest BCUT2D eigenvalue weighted by Crippen LogP contribution is -2.78. The van der Waals surface area contributed by atoms with E-state index in [0.29, 0.717) is 36.1 Å². The first kappa shape index (κ1) is 29.7. The average Bonchev–Trinajstić information content (AvgIpc) is 3.71. The number of piperidine rings is 1. The van der Waals surface area contributed by atoms with E-state index < -0.39 is 47.3 Å². The van der Waals surface area contributed by atoms with Crippen molar-refractivity contribution in [3.63, 3.8) is 0 Å². The van der Waals surface area contributed by atoms with Crippen LogP contribution >= 0.6 is 0 Å². The third-order valence-corrected chi connectivity index (χ3v) is 10.7. The number of phenols is 1. The van der Waals surface area contributed by atoms with Crippen LogP contribution in [0.1, 0.15) is 63.9 Å². The van der Waals surface area contributed by atoms with E-state index in [-0.39, 0.29) is 23.6 Å². The molecule has 2 saturated carbocycles. The largest absolute Gasteiger partial charge is 0.504 e. The molecule has 2 aromatic rings. The number of ether oxygens (including phenoxy) is 1. The van der Waals surface area contributed by atoms with Crippen LogP contribution in [0.3, 0.4) is 0 Å². The number of imide groups is 1. The molecular weight excluding hydrogens is 588 g/mol. The van der Waals surface area contributed by atoms with Crippen molar-refractivity contribution < 1.29 is 54.6 Å². The number of carbonyl (C=O) groups is 4. The molecule has 1 saturated heterocycles. The summed E-state index contributed by atoms with van der Waals surface area (Å²) in [6.07, 6.45) is -0.227. The van der Waals surface area contributed by atoms with Gasteiger partial charge < -0.3 is 35.4 Å². The van der Waals surface area contributed by atoms with Crippen molar-refractivity contribution in [2.75, 3.05) is 13.1 Å². The highest BCUT2D eigenvalue weighted by Crippen LogP contribution is 2.66. The molecule has 6 N–H and O–H groups in total. The van der Waals surface area contributed by atoms with Crippen molar-refractivity contribution in [3.8, 4) is 11.5 Å². The highest BCUT2D eigenvalue weighted by Gasteiger charge is 2.74. The molecule has 13 nitrogen and oxygen atoms in total. The van der Waals surface area contributed by atoms with Gasteiger partial charge in [-0.2, -0.15) is 0 Å². The van der Waals surface area contributed by atoms with E-state index in [4.69, 9.17) is 25.2 Å². The summed E-state index contributed by atoms with van der Waals surface area (Å²) < 4.78 is 6.55. The average molecular weight is 623 g/mol. The first-order chi connectivity index (χ1) is 21.4. The number of aliphatic hydroxyl groups is 3. The van der Waals surface area contributed by atoms with Crippen molar-refractivity contribution in [3.05, 3.63) is 58.7 Å². The zero-order valence-corrected chi connectivity index (χ0v) is 24.2. The van der Waals surface area contributed by atoms with Crippen molar-refractivity contribution in [2.24, 2.45) is 5.92 Å². The maximum Gasteiger partial charge on any atom is 0.335 e. The van der Waals surface area contributed by atoms with Crippen LogP contribution in [0.15, 0.2) is 36.4 Å². The molecule has 3 unspecified atom stereocenters. The van der Waals surface area contributed by atoms with Gasteiger partial charge in [-0.15, -0.1) is 0 Å². The van der Waals surface area contributed by atoms with E-state index in [1.807, 2.05) is 6.07 Å². The lowest BCUT2D eigenvalue weighted by molar-refractivity contribution is -0.196. The summed E-state index contributed by atoms with van der Waals surface area (Å²) in [5, 5.41) is 55.9. The third kappa shape index (κ3) is 4.14. The maximum atomic E-state index is 13.5. The molecule has 2 amide bonds. The van der Waals surface area contributed by atoms with E-state index in [0.717, 1.165) is 36.6 Å². The van der Waals surface area contributed by atoms with Gasteiger partial charge in [-0.05, 0) is 74.8 Å². The standard InChI is InChI=1S/C28H28N2O5.C4H6O6/c31-20-8-7-16-13-21-28(34)10-9-19(30-25(32)17-3-1-2-4-18(17)26(30)33)24-27(28,22(16)23(20)35-24)11-12-29(21)14-15-5-6-15;5-1(3(7)8)2(6)4(9)10/h1-4,7-8,15,19,21,24,31,34H,5-6,9-14H2;1-2,5-6H,(H,7,8)(H,9,10)/t19-,21-,24+,27+,28?;/m1./s1. The minimum Gasteiger partial charge on any atom is -0.504 e. The Labute approximate surface area is 257 Å². The van der Waals surface area contributed by atoms with Crippen molar-refractivity contribution in [2.45, 2.75) is 79.9 Å². The second kappa shape index (κ2) is 10.2. The fraction of sp³-hybridized carbons (Fsp3) is 0.500. The predicted molar refractivity (Wildman–Crippen MR) is 153 cm³/mol. The van der Waals surface area contributed by atoms with Gasteiger partial charge in [0.2, 0.25) is 0 Å². The number of hydrogen-bond donors (Lipinski definition) is 6. The van der Waals surface area contributed by atoms with Gasteiger partial charge in [0.15, 0.2) is 23.7 Å². The maximum absolute atomic E-state index is 13.5. The summed E-state index contributed by atoms with van der Waals surface area (Å²) >= 11 is 0. The number of nitrogens with zero attached hydrogens (tertiary/aromatic N) is 2. The fourth-order valence-corrected chi connectivity index (χ4v) is 8.50. The quantitative estimate of drug-likeness (QED) is 0.244. The smallest absolute Gasteiger partial charge is 0.335 e. The van der Waals surface area contributed by atoms with Crippen molar-refractivity contribution in [1.82, 2.24) is 9.80 Å². The van der Waals surface area contributed by atoms with Crippen LogP contribution in [0.25, 0.3) is 0 Å². The minimum atomic E-state index is -2.27. The molecule has 7 atom stereocenters. The Hall–Kier alpha value is -4.04. The fourth-order valence-electron chi connectivity index (χ4n) is 8.50. The topological polar surface area (TPSA) is 205 Å². The molecule has 0 radical (unpaired) electrons. The number of phenolic OH excluding ortho intramolecular Hbond substituents is 1. The van der Waals surface area contributed by atoms with Crippen LogP contribution in [0.5, 0.6) is 11.5 Å². The highest BCUT2D eigenvalue weighted by atomic mass is 16.5. The van der Waals surface area contributed by atoms with Gasteiger partial charge in [0.25, 0.3) is 11.8 Å². The number of carboxylic acid groups (broad SMARTS) is 2. The lowest BCUT2D eigenvalue weighted by Gasteiger charge is -2.64. The van der Waals surface area contributed by atoms with E-state index in [9.17, 15) is 29.4 Å². The Morgan fingerprint density at radius 1 is 0.933 bits per heavy atom. The van der Waals surface area contributed by atoms with E-state index in [2.05, 4.69) is 4.90 Å². The molecule has 3 heterocycles. The van der Waals surface area contributed by atoms with Crippen LogP contribution in [0.4, 0.5) is 0 Å².